The van der Waals surface area contributed by atoms with Crippen molar-refractivity contribution in [3.8, 4) is 0 Å². The fourth-order valence-corrected chi connectivity index (χ4v) is 2.32. The molecule has 0 aliphatic carbocycles. The molecule has 18 heavy (non-hydrogen) atoms. The van der Waals surface area contributed by atoms with Gasteiger partial charge in [0, 0.05) is 19.0 Å². The Balaban J connectivity index is 1.81. The average Bonchev–Trinajstić information content (AvgIpc) is 2.77. The number of hydrogen-bond donors (Lipinski definition) is 1. The van der Waals surface area contributed by atoms with Crippen LogP contribution in [0.4, 0.5) is 0 Å². The Kier molecular flexibility index (Phi) is 4.72. The van der Waals surface area contributed by atoms with Gasteiger partial charge in [-0.15, -0.1) is 10.2 Å². The fourth-order valence-electron chi connectivity index (χ4n) is 2.32. The van der Waals surface area contributed by atoms with Gasteiger partial charge >= 0.3 is 0 Å². The zero-order chi connectivity index (χ0) is 13.0. The van der Waals surface area contributed by atoms with Crippen molar-refractivity contribution in [2.45, 2.75) is 51.7 Å². The molecule has 1 unspecified atom stereocenters. The third-order valence-electron chi connectivity index (χ3n) is 3.55. The molecule has 0 radical (unpaired) electrons. The minimum Gasteiger partial charge on any atom is -0.314 e. The van der Waals surface area contributed by atoms with E-state index < -0.39 is 0 Å². The Morgan fingerprint density at radius 1 is 1.33 bits per heavy atom. The van der Waals surface area contributed by atoms with Crippen molar-refractivity contribution < 1.29 is 0 Å². The van der Waals surface area contributed by atoms with Gasteiger partial charge in [0.15, 0.2) is 0 Å². The fraction of sp³-hybridized carbons (Fsp3) is 0.846. The lowest BCUT2D eigenvalue weighted by Crippen LogP contribution is -2.30. The minimum absolute atomic E-state index is 0.518. The Labute approximate surface area is 110 Å². The number of fused-ring (bicyclic) bond motifs is 1. The lowest BCUT2D eigenvalue weighted by atomic mass is 10.1. The van der Waals surface area contributed by atoms with Crippen molar-refractivity contribution in [2.24, 2.45) is 0 Å². The van der Waals surface area contributed by atoms with Crippen molar-refractivity contribution >= 4 is 0 Å². The molecule has 0 aromatic carbocycles. The van der Waals surface area contributed by atoms with Gasteiger partial charge in [-0.2, -0.15) is 0 Å². The summed E-state index contributed by atoms with van der Waals surface area (Å²) in [6.45, 7) is 5.27. The van der Waals surface area contributed by atoms with Crippen LogP contribution in [0.5, 0.6) is 0 Å². The highest BCUT2D eigenvalue weighted by Crippen LogP contribution is 2.14. The van der Waals surface area contributed by atoms with Crippen LogP contribution >= 0.6 is 0 Å². The van der Waals surface area contributed by atoms with Crippen LogP contribution in [0.15, 0.2) is 0 Å². The summed E-state index contributed by atoms with van der Waals surface area (Å²) in [5.74, 6) is 2.26. The molecule has 102 valence electrons. The number of aryl methyl sites for hydroxylation is 1. The van der Waals surface area contributed by atoms with Crippen LogP contribution in [0.1, 0.15) is 37.8 Å². The molecule has 1 atom stereocenters. The lowest BCUT2D eigenvalue weighted by Gasteiger charge is -2.18. The first kappa shape index (κ1) is 13.5. The highest BCUT2D eigenvalue weighted by Gasteiger charge is 2.15. The maximum atomic E-state index is 4.31. The second-order valence-corrected chi connectivity index (χ2v) is 5.52. The topological polar surface area (TPSA) is 46.0 Å². The molecule has 1 aliphatic rings. The van der Waals surface area contributed by atoms with Gasteiger partial charge in [0.25, 0.3) is 0 Å². The summed E-state index contributed by atoms with van der Waals surface area (Å²) in [6.07, 6.45) is 4.76. The third-order valence-corrected chi connectivity index (χ3v) is 3.55. The molecule has 0 bridgehead atoms. The molecule has 2 heterocycles. The van der Waals surface area contributed by atoms with E-state index in [1.54, 1.807) is 0 Å². The number of nitrogens with zero attached hydrogens (tertiary/aromatic N) is 4. The molecule has 0 fully saturated rings. The van der Waals surface area contributed by atoms with Gasteiger partial charge in [-0.1, -0.05) is 0 Å². The second-order valence-electron chi connectivity index (χ2n) is 5.52. The summed E-state index contributed by atoms with van der Waals surface area (Å²) < 4.78 is 2.29. The molecule has 0 saturated carbocycles. The van der Waals surface area contributed by atoms with Crippen molar-refractivity contribution in [2.75, 3.05) is 20.6 Å². The first-order valence-corrected chi connectivity index (χ1v) is 6.96. The predicted molar refractivity (Wildman–Crippen MR) is 72.4 cm³/mol. The molecule has 0 saturated heterocycles. The maximum Gasteiger partial charge on any atom is 0.147 e. The average molecular weight is 251 g/mol. The van der Waals surface area contributed by atoms with Crippen LogP contribution in [0, 0.1) is 0 Å². The number of rotatable bonds is 6. The largest absolute Gasteiger partial charge is 0.314 e. The first-order valence-electron chi connectivity index (χ1n) is 6.96. The summed E-state index contributed by atoms with van der Waals surface area (Å²) in [5.41, 5.74) is 0. The summed E-state index contributed by atoms with van der Waals surface area (Å²) in [7, 11) is 4.23. The van der Waals surface area contributed by atoms with E-state index in [1.165, 1.54) is 18.7 Å². The van der Waals surface area contributed by atoms with E-state index in [0.29, 0.717) is 6.04 Å². The molecule has 1 N–H and O–H groups in total. The van der Waals surface area contributed by atoms with Gasteiger partial charge in [-0.25, -0.2) is 0 Å². The van der Waals surface area contributed by atoms with E-state index >= 15 is 0 Å². The third kappa shape index (κ3) is 3.53. The van der Waals surface area contributed by atoms with Crippen molar-refractivity contribution in [3.63, 3.8) is 0 Å². The van der Waals surface area contributed by atoms with Crippen LogP contribution < -0.4 is 5.32 Å². The number of hydrogen-bond acceptors (Lipinski definition) is 4. The van der Waals surface area contributed by atoms with Gasteiger partial charge < -0.3 is 14.8 Å². The first-order chi connectivity index (χ1) is 8.66. The Bertz CT molecular complexity index is 371. The van der Waals surface area contributed by atoms with Crippen molar-refractivity contribution in [1.29, 1.82) is 0 Å². The van der Waals surface area contributed by atoms with E-state index in [4.69, 9.17) is 0 Å². The molecule has 1 aliphatic heterocycles. The van der Waals surface area contributed by atoms with Crippen LogP contribution in [0.3, 0.4) is 0 Å². The number of nitrogens with one attached hydrogen (secondary N) is 1. The standard InChI is InChI=1S/C13H25N5/c1-11(7-9-17(2)3)14-10-13-16-15-12-6-4-5-8-18(12)13/h11,14H,4-10H2,1-3H3. The normalized spacial score (nSPS) is 16.9. The quantitative estimate of drug-likeness (QED) is 0.821. The minimum atomic E-state index is 0.518. The Morgan fingerprint density at radius 3 is 2.94 bits per heavy atom. The summed E-state index contributed by atoms with van der Waals surface area (Å²) in [4.78, 5) is 2.22. The highest BCUT2D eigenvalue weighted by molar-refractivity contribution is 4.98. The van der Waals surface area contributed by atoms with Gasteiger partial charge in [0.2, 0.25) is 0 Å². The molecule has 0 spiro atoms. The lowest BCUT2D eigenvalue weighted by molar-refractivity contribution is 0.362. The summed E-state index contributed by atoms with van der Waals surface area (Å²) in [5, 5.41) is 12.1. The molecular formula is C13H25N5. The zero-order valence-corrected chi connectivity index (χ0v) is 11.8. The van der Waals surface area contributed by atoms with E-state index in [-0.39, 0.29) is 0 Å². The molecular weight excluding hydrogens is 226 g/mol. The van der Waals surface area contributed by atoms with Gasteiger partial charge in [-0.3, -0.25) is 0 Å². The van der Waals surface area contributed by atoms with Crippen molar-refractivity contribution in [3.05, 3.63) is 11.6 Å². The molecule has 1 aromatic rings. The van der Waals surface area contributed by atoms with E-state index in [0.717, 1.165) is 38.3 Å². The molecule has 5 heteroatoms. The van der Waals surface area contributed by atoms with Crippen LogP contribution in [0.25, 0.3) is 0 Å². The smallest absolute Gasteiger partial charge is 0.147 e. The van der Waals surface area contributed by atoms with Crippen molar-refractivity contribution in [1.82, 2.24) is 25.0 Å². The number of aromatic nitrogens is 3. The molecule has 2 rings (SSSR count). The van der Waals surface area contributed by atoms with Gasteiger partial charge in [0.1, 0.15) is 11.6 Å². The second kappa shape index (κ2) is 6.29. The molecule has 5 nitrogen and oxygen atoms in total. The molecule has 1 aromatic heterocycles. The van der Waals surface area contributed by atoms with Gasteiger partial charge in [0.05, 0.1) is 6.54 Å². The monoisotopic (exact) mass is 251 g/mol. The van der Waals surface area contributed by atoms with E-state index in [1.807, 2.05) is 0 Å². The zero-order valence-electron chi connectivity index (χ0n) is 11.8. The van der Waals surface area contributed by atoms with E-state index in [2.05, 4.69) is 46.0 Å². The van der Waals surface area contributed by atoms with Crippen LogP contribution in [-0.4, -0.2) is 46.3 Å². The summed E-state index contributed by atoms with van der Waals surface area (Å²) >= 11 is 0. The van der Waals surface area contributed by atoms with Gasteiger partial charge in [-0.05, 0) is 46.8 Å². The Hall–Kier alpha value is -0.940. The van der Waals surface area contributed by atoms with Crippen LogP contribution in [-0.2, 0) is 19.5 Å². The SMILES string of the molecule is CC(CCN(C)C)NCc1nnc2n1CCCC2. The molecule has 0 amide bonds. The predicted octanol–water partition coefficient (Wildman–Crippen LogP) is 1.04. The Morgan fingerprint density at radius 2 is 2.17 bits per heavy atom. The van der Waals surface area contributed by atoms with Crippen LogP contribution in [0.2, 0.25) is 0 Å². The summed E-state index contributed by atoms with van der Waals surface area (Å²) in [6, 6.07) is 0.518. The highest BCUT2D eigenvalue weighted by atomic mass is 15.3. The van der Waals surface area contributed by atoms with E-state index in [9.17, 15) is 0 Å². The maximum absolute atomic E-state index is 4.31.